The van der Waals surface area contributed by atoms with Crippen molar-refractivity contribution in [1.29, 1.82) is 0 Å². The summed E-state index contributed by atoms with van der Waals surface area (Å²) in [6.07, 6.45) is 4.53. The van der Waals surface area contributed by atoms with Gasteiger partial charge in [-0.1, -0.05) is 38.0 Å². The number of hydrogen-bond acceptors (Lipinski definition) is 4. The first-order valence-electron chi connectivity index (χ1n) is 9.99. The quantitative estimate of drug-likeness (QED) is 0.808. The number of rotatable bonds is 3. The van der Waals surface area contributed by atoms with E-state index in [0.29, 0.717) is 11.6 Å². The van der Waals surface area contributed by atoms with Crippen LogP contribution in [0.25, 0.3) is 11.5 Å². The molecule has 3 amide bonds. The molecule has 1 saturated heterocycles. The number of carbonyl (C=O) groups is 2. The fraction of sp³-hybridized carbons (Fsp3) is 0.500. The van der Waals surface area contributed by atoms with Gasteiger partial charge in [0, 0.05) is 5.56 Å². The average Bonchev–Trinajstić information content (AvgIpc) is 3.19. The Balaban J connectivity index is 1.57. The SMILES string of the molecule is Cc1ccc(-c2nc(CN3C(=O)NC4(C3=O)[C@H](C)CCC[C@@H]4C)co2)c(C)c1. The van der Waals surface area contributed by atoms with Gasteiger partial charge in [0.1, 0.15) is 11.8 Å². The fourth-order valence-electron chi connectivity index (χ4n) is 4.82. The van der Waals surface area contributed by atoms with Crippen molar-refractivity contribution in [2.75, 3.05) is 0 Å². The van der Waals surface area contributed by atoms with Crippen LogP contribution >= 0.6 is 0 Å². The van der Waals surface area contributed by atoms with E-state index in [0.717, 1.165) is 30.4 Å². The van der Waals surface area contributed by atoms with Gasteiger partial charge in [-0.15, -0.1) is 0 Å². The normalized spacial score (nSPS) is 27.5. The largest absolute Gasteiger partial charge is 0.444 e. The Hall–Kier alpha value is -2.63. The molecule has 1 spiro atoms. The summed E-state index contributed by atoms with van der Waals surface area (Å²) in [5.74, 6) is 0.628. The van der Waals surface area contributed by atoms with Crippen LogP contribution in [-0.4, -0.2) is 27.4 Å². The third kappa shape index (κ3) is 2.82. The van der Waals surface area contributed by atoms with Gasteiger partial charge in [-0.25, -0.2) is 9.78 Å². The number of aromatic nitrogens is 1. The van der Waals surface area contributed by atoms with Crippen LogP contribution in [0.3, 0.4) is 0 Å². The van der Waals surface area contributed by atoms with Crippen LogP contribution in [0.4, 0.5) is 4.79 Å². The van der Waals surface area contributed by atoms with Gasteiger partial charge in [-0.05, 0) is 50.2 Å². The van der Waals surface area contributed by atoms with Gasteiger partial charge in [0.25, 0.3) is 5.91 Å². The Morgan fingerprint density at radius 3 is 2.61 bits per heavy atom. The number of amides is 3. The van der Waals surface area contributed by atoms with E-state index >= 15 is 0 Å². The highest BCUT2D eigenvalue weighted by Crippen LogP contribution is 2.42. The first-order valence-corrected chi connectivity index (χ1v) is 9.99. The summed E-state index contributed by atoms with van der Waals surface area (Å²) in [5.41, 5.74) is 2.96. The Morgan fingerprint density at radius 1 is 1.21 bits per heavy atom. The van der Waals surface area contributed by atoms with Gasteiger partial charge in [-0.3, -0.25) is 9.69 Å². The highest BCUT2D eigenvalue weighted by molar-refractivity contribution is 6.07. The molecule has 1 aromatic carbocycles. The molecule has 1 aliphatic carbocycles. The fourth-order valence-corrected chi connectivity index (χ4v) is 4.82. The lowest BCUT2D eigenvalue weighted by Gasteiger charge is -2.42. The minimum absolute atomic E-state index is 0.125. The van der Waals surface area contributed by atoms with E-state index in [4.69, 9.17) is 4.42 Å². The molecule has 4 rings (SSSR count). The molecule has 0 bridgehead atoms. The molecule has 1 saturated carbocycles. The first kappa shape index (κ1) is 18.7. The van der Waals surface area contributed by atoms with Crippen molar-refractivity contribution in [1.82, 2.24) is 15.2 Å². The molecule has 28 heavy (non-hydrogen) atoms. The second-order valence-electron chi connectivity index (χ2n) is 8.39. The second-order valence-corrected chi connectivity index (χ2v) is 8.39. The summed E-state index contributed by atoms with van der Waals surface area (Å²) in [4.78, 5) is 31.8. The van der Waals surface area contributed by atoms with Crippen molar-refractivity contribution in [3.05, 3.63) is 41.3 Å². The van der Waals surface area contributed by atoms with Crippen molar-refractivity contribution in [3.8, 4) is 11.5 Å². The molecule has 148 valence electrons. The molecule has 0 radical (unpaired) electrons. The highest BCUT2D eigenvalue weighted by atomic mass is 16.3. The molecule has 2 aromatic rings. The lowest BCUT2D eigenvalue weighted by molar-refractivity contribution is -0.137. The first-order chi connectivity index (χ1) is 13.3. The van der Waals surface area contributed by atoms with E-state index in [2.05, 4.69) is 30.2 Å². The van der Waals surface area contributed by atoms with Gasteiger partial charge in [-0.2, -0.15) is 0 Å². The Kier molecular flexibility index (Phi) is 4.52. The minimum atomic E-state index is -0.782. The number of aryl methyl sites for hydroxylation is 2. The van der Waals surface area contributed by atoms with E-state index in [-0.39, 0.29) is 30.3 Å². The maximum absolute atomic E-state index is 13.3. The van der Waals surface area contributed by atoms with Crippen LogP contribution in [0.1, 0.15) is 49.9 Å². The Labute approximate surface area is 165 Å². The smallest absolute Gasteiger partial charge is 0.325 e. The van der Waals surface area contributed by atoms with E-state index in [1.54, 1.807) is 0 Å². The van der Waals surface area contributed by atoms with Gasteiger partial charge in [0.05, 0.1) is 12.2 Å². The molecule has 3 atom stereocenters. The molecule has 1 aromatic heterocycles. The van der Waals surface area contributed by atoms with Crippen LogP contribution in [0, 0.1) is 25.7 Å². The number of hydrogen-bond donors (Lipinski definition) is 1. The number of urea groups is 1. The molecular weight excluding hydrogens is 354 g/mol. The van der Waals surface area contributed by atoms with Crippen molar-refractivity contribution >= 4 is 11.9 Å². The zero-order chi connectivity index (χ0) is 20.1. The summed E-state index contributed by atoms with van der Waals surface area (Å²) in [7, 11) is 0. The molecule has 1 aliphatic heterocycles. The van der Waals surface area contributed by atoms with Gasteiger partial charge < -0.3 is 9.73 Å². The number of benzene rings is 1. The van der Waals surface area contributed by atoms with Crippen molar-refractivity contribution in [3.63, 3.8) is 0 Å². The number of oxazole rings is 1. The Bertz CT molecular complexity index is 923. The van der Waals surface area contributed by atoms with Gasteiger partial charge in [0.2, 0.25) is 5.89 Å². The summed E-state index contributed by atoms with van der Waals surface area (Å²) in [6.45, 7) is 8.30. The van der Waals surface area contributed by atoms with Crippen LogP contribution in [0.5, 0.6) is 0 Å². The van der Waals surface area contributed by atoms with Crippen molar-refractivity contribution < 1.29 is 14.0 Å². The molecule has 2 aliphatic rings. The number of carbonyl (C=O) groups excluding carboxylic acids is 2. The molecule has 2 heterocycles. The van der Waals surface area contributed by atoms with Crippen LogP contribution in [-0.2, 0) is 11.3 Å². The lowest BCUT2D eigenvalue weighted by Crippen LogP contribution is -2.58. The number of nitrogens with one attached hydrogen (secondary N) is 1. The second kappa shape index (κ2) is 6.76. The third-order valence-corrected chi connectivity index (χ3v) is 6.47. The standard InChI is InChI=1S/C22H27N3O3/c1-13-8-9-18(14(2)10-13)19-23-17(12-28-19)11-25-20(26)22(24-21(25)27)15(3)6-5-7-16(22)4/h8-10,12,15-16H,5-7,11H2,1-4H3,(H,24,27)/t15-,16+,22?. The van der Waals surface area contributed by atoms with Crippen LogP contribution in [0.15, 0.2) is 28.9 Å². The van der Waals surface area contributed by atoms with E-state index < -0.39 is 5.54 Å². The number of nitrogens with zero attached hydrogens (tertiary/aromatic N) is 2. The third-order valence-electron chi connectivity index (χ3n) is 6.47. The summed E-state index contributed by atoms with van der Waals surface area (Å²) in [5, 5.41) is 3.02. The van der Waals surface area contributed by atoms with Crippen LogP contribution < -0.4 is 5.32 Å². The molecule has 6 nitrogen and oxygen atoms in total. The van der Waals surface area contributed by atoms with Crippen molar-refractivity contribution in [2.45, 2.75) is 59.0 Å². The summed E-state index contributed by atoms with van der Waals surface area (Å²) in [6, 6.07) is 5.74. The number of imide groups is 1. The van der Waals surface area contributed by atoms with E-state index in [1.165, 1.54) is 16.7 Å². The monoisotopic (exact) mass is 381 g/mol. The van der Waals surface area contributed by atoms with Crippen molar-refractivity contribution in [2.24, 2.45) is 11.8 Å². The predicted molar refractivity (Wildman–Crippen MR) is 105 cm³/mol. The molecule has 6 heteroatoms. The maximum Gasteiger partial charge on any atom is 0.325 e. The molecule has 1 unspecified atom stereocenters. The van der Waals surface area contributed by atoms with E-state index in [1.807, 2.05) is 26.0 Å². The zero-order valence-electron chi connectivity index (χ0n) is 16.9. The lowest BCUT2D eigenvalue weighted by atomic mass is 9.67. The molecular formula is C22H27N3O3. The zero-order valence-corrected chi connectivity index (χ0v) is 16.9. The predicted octanol–water partition coefficient (Wildman–Crippen LogP) is 4.21. The minimum Gasteiger partial charge on any atom is -0.444 e. The Morgan fingerprint density at radius 2 is 1.93 bits per heavy atom. The average molecular weight is 381 g/mol. The topological polar surface area (TPSA) is 75.4 Å². The van der Waals surface area contributed by atoms with Crippen LogP contribution in [0.2, 0.25) is 0 Å². The summed E-state index contributed by atoms with van der Waals surface area (Å²) >= 11 is 0. The van der Waals surface area contributed by atoms with Gasteiger partial charge in [0.15, 0.2) is 0 Å². The van der Waals surface area contributed by atoms with Gasteiger partial charge >= 0.3 is 6.03 Å². The molecule has 2 fully saturated rings. The highest BCUT2D eigenvalue weighted by Gasteiger charge is 2.58. The maximum atomic E-state index is 13.3. The molecule has 1 N–H and O–H groups in total. The summed E-state index contributed by atoms with van der Waals surface area (Å²) < 4.78 is 5.65. The van der Waals surface area contributed by atoms with E-state index in [9.17, 15) is 9.59 Å².